The summed E-state index contributed by atoms with van der Waals surface area (Å²) < 4.78 is 5.40. The number of ether oxygens (including phenoxy) is 1. The summed E-state index contributed by atoms with van der Waals surface area (Å²) in [6.45, 7) is 2.45. The van der Waals surface area contributed by atoms with Gasteiger partial charge in [-0.1, -0.05) is 29.3 Å². The van der Waals surface area contributed by atoms with Crippen LogP contribution in [0.1, 0.15) is 18.4 Å². The Morgan fingerprint density at radius 1 is 1.38 bits per heavy atom. The Kier molecular flexibility index (Phi) is 4.47. The van der Waals surface area contributed by atoms with Crippen molar-refractivity contribution in [1.29, 1.82) is 0 Å². The first-order valence-electron chi connectivity index (χ1n) is 5.51. The Balaban J connectivity index is 1.88. The van der Waals surface area contributed by atoms with Crippen LogP contribution in [0.25, 0.3) is 0 Å². The second-order valence-corrected chi connectivity index (χ2v) is 4.87. The van der Waals surface area contributed by atoms with Crippen molar-refractivity contribution in [2.75, 3.05) is 13.2 Å². The van der Waals surface area contributed by atoms with Gasteiger partial charge in [-0.2, -0.15) is 0 Å². The zero-order chi connectivity index (χ0) is 11.4. The fraction of sp³-hybridized carbons (Fsp3) is 0.500. The lowest BCUT2D eigenvalue weighted by atomic mass is 10.1. The van der Waals surface area contributed by atoms with Gasteiger partial charge >= 0.3 is 0 Å². The Morgan fingerprint density at radius 2 is 2.25 bits per heavy atom. The van der Waals surface area contributed by atoms with E-state index >= 15 is 0 Å². The van der Waals surface area contributed by atoms with E-state index in [1.165, 1.54) is 6.42 Å². The van der Waals surface area contributed by atoms with Crippen LogP contribution in [-0.4, -0.2) is 19.3 Å². The van der Waals surface area contributed by atoms with Crippen molar-refractivity contribution in [3.63, 3.8) is 0 Å². The van der Waals surface area contributed by atoms with Crippen LogP contribution in [0.15, 0.2) is 18.2 Å². The molecule has 0 radical (unpaired) electrons. The molecule has 1 N–H and O–H groups in total. The molecule has 1 fully saturated rings. The van der Waals surface area contributed by atoms with Gasteiger partial charge in [-0.25, -0.2) is 0 Å². The van der Waals surface area contributed by atoms with Gasteiger partial charge in [0.2, 0.25) is 0 Å². The first-order chi connectivity index (χ1) is 7.75. The third kappa shape index (κ3) is 3.36. The average Bonchev–Trinajstić information content (AvgIpc) is 2.29. The van der Waals surface area contributed by atoms with Gasteiger partial charge < -0.3 is 10.1 Å². The van der Waals surface area contributed by atoms with Crippen LogP contribution in [-0.2, 0) is 11.3 Å². The number of rotatable bonds is 3. The van der Waals surface area contributed by atoms with Crippen LogP contribution in [0.2, 0.25) is 10.0 Å². The molecule has 1 heterocycles. The van der Waals surface area contributed by atoms with E-state index in [1.54, 1.807) is 6.07 Å². The van der Waals surface area contributed by atoms with Crippen molar-refractivity contribution in [2.24, 2.45) is 0 Å². The monoisotopic (exact) mass is 259 g/mol. The van der Waals surface area contributed by atoms with Crippen LogP contribution >= 0.6 is 23.2 Å². The summed E-state index contributed by atoms with van der Waals surface area (Å²) in [5.74, 6) is 0. The summed E-state index contributed by atoms with van der Waals surface area (Å²) in [7, 11) is 0. The molecule has 1 atom stereocenters. The molecule has 0 spiro atoms. The summed E-state index contributed by atoms with van der Waals surface area (Å²) in [5.41, 5.74) is 1.08. The van der Waals surface area contributed by atoms with Crippen LogP contribution in [0, 0.1) is 0 Å². The molecule has 0 bridgehead atoms. The van der Waals surface area contributed by atoms with E-state index < -0.39 is 0 Å². The zero-order valence-corrected chi connectivity index (χ0v) is 10.5. The number of benzene rings is 1. The molecule has 0 aliphatic carbocycles. The van der Waals surface area contributed by atoms with E-state index in [0.717, 1.165) is 36.8 Å². The first kappa shape index (κ1) is 12.2. The van der Waals surface area contributed by atoms with Crippen molar-refractivity contribution >= 4 is 23.2 Å². The van der Waals surface area contributed by atoms with Crippen LogP contribution in [0.3, 0.4) is 0 Å². The average molecular weight is 260 g/mol. The molecule has 16 heavy (non-hydrogen) atoms. The maximum Gasteiger partial charge on any atom is 0.0619 e. The first-order valence-corrected chi connectivity index (χ1v) is 6.26. The molecule has 88 valence electrons. The molecule has 1 aromatic carbocycles. The highest BCUT2D eigenvalue weighted by Crippen LogP contribution is 2.21. The molecule has 1 aliphatic rings. The van der Waals surface area contributed by atoms with Gasteiger partial charge in [-0.05, 0) is 30.5 Å². The van der Waals surface area contributed by atoms with Gasteiger partial charge in [0.25, 0.3) is 0 Å². The molecule has 2 nitrogen and oxygen atoms in total. The molecule has 4 heteroatoms. The summed E-state index contributed by atoms with van der Waals surface area (Å²) in [4.78, 5) is 0. The van der Waals surface area contributed by atoms with Gasteiger partial charge in [0.15, 0.2) is 0 Å². The van der Waals surface area contributed by atoms with E-state index in [9.17, 15) is 0 Å². The standard InChI is InChI=1S/C12H15Cl2NO/c13-10-4-3-9(12(14)6-10)7-15-11-2-1-5-16-8-11/h3-4,6,11,15H,1-2,5,7-8H2. The Hall–Kier alpha value is -0.280. The Morgan fingerprint density at radius 3 is 2.94 bits per heavy atom. The number of halogens is 2. The lowest BCUT2D eigenvalue weighted by Gasteiger charge is -2.23. The Labute approximate surface area is 106 Å². The minimum Gasteiger partial charge on any atom is -0.380 e. The number of hydrogen-bond donors (Lipinski definition) is 1. The van der Waals surface area contributed by atoms with Crippen LogP contribution in [0.5, 0.6) is 0 Å². The highest BCUT2D eigenvalue weighted by molar-refractivity contribution is 6.35. The summed E-state index contributed by atoms with van der Waals surface area (Å²) >= 11 is 11.9. The van der Waals surface area contributed by atoms with E-state index in [-0.39, 0.29) is 0 Å². The third-order valence-corrected chi connectivity index (χ3v) is 3.34. The highest BCUT2D eigenvalue weighted by Gasteiger charge is 2.13. The molecule has 1 saturated heterocycles. The maximum absolute atomic E-state index is 6.09. The molecule has 2 rings (SSSR count). The van der Waals surface area contributed by atoms with E-state index in [1.807, 2.05) is 12.1 Å². The normalized spacial score (nSPS) is 21.0. The van der Waals surface area contributed by atoms with Crippen molar-refractivity contribution in [2.45, 2.75) is 25.4 Å². The molecular formula is C12H15Cl2NO. The smallest absolute Gasteiger partial charge is 0.0619 e. The minimum absolute atomic E-state index is 0.445. The Bertz CT molecular complexity index is 351. The second-order valence-electron chi connectivity index (χ2n) is 4.03. The van der Waals surface area contributed by atoms with Crippen LogP contribution < -0.4 is 5.32 Å². The third-order valence-electron chi connectivity index (χ3n) is 2.76. The fourth-order valence-corrected chi connectivity index (χ4v) is 2.30. The lowest BCUT2D eigenvalue weighted by Crippen LogP contribution is -2.36. The van der Waals surface area contributed by atoms with Gasteiger partial charge in [0, 0.05) is 29.2 Å². The van der Waals surface area contributed by atoms with E-state index in [0.29, 0.717) is 11.1 Å². The van der Waals surface area contributed by atoms with Gasteiger partial charge in [0.05, 0.1) is 6.61 Å². The molecule has 1 aliphatic heterocycles. The van der Waals surface area contributed by atoms with Gasteiger partial charge in [-0.15, -0.1) is 0 Å². The summed E-state index contributed by atoms with van der Waals surface area (Å²) in [6, 6.07) is 6.04. The lowest BCUT2D eigenvalue weighted by molar-refractivity contribution is 0.0699. The quantitative estimate of drug-likeness (QED) is 0.900. The number of hydrogen-bond acceptors (Lipinski definition) is 2. The van der Waals surface area contributed by atoms with Crippen molar-refractivity contribution in [1.82, 2.24) is 5.32 Å². The number of nitrogens with one attached hydrogen (secondary N) is 1. The second kappa shape index (κ2) is 5.87. The molecule has 0 amide bonds. The van der Waals surface area contributed by atoms with Crippen LogP contribution in [0.4, 0.5) is 0 Å². The largest absolute Gasteiger partial charge is 0.380 e. The van der Waals surface area contributed by atoms with Gasteiger partial charge in [-0.3, -0.25) is 0 Å². The van der Waals surface area contributed by atoms with Crippen molar-refractivity contribution in [3.8, 4) is 0 Å². The van der Waals surface area contributed by atoms with E-state index in [2.05, 4.69) is 5.32 Å². The minimum atomic E-state index is 0.445. The summed E-state index contributed by atoms with van der Waals surface area (Å²) in [5, 5.41) is 4.84. The maximum atomic E-state index is 6.09. The SMILES string of the molecule is Clc1ccc(CNC2CCCOC2)c(Cl)c1. The molecule has 1 aromatic rings. The molecular weight excluding hydrogens is 245 g/mol. The zero-order valence-electron chi connectivity index (χ0n) is 9.01. The molecule has 0 saturated carbocycles. The van der Waals surface area contributed by atoms with Crippen molar-refractivity contribution < 1.29 is 4.74 Å². The predicted octanol–water partition coefficient (Wildman–Crippen LogP) is 3.26. The fourth-order valence-electron chi connectivity index (χ4n) is 1.82. The van der Waals surface area contributed by atoms with E-state index in [4.69, 9.17) is 27.9 Å². The topological polar surface area (TPSA) is 21.3 Å². The van der Waals surface area contributed by atoms with Crippen molar-refractivity contribution in [3.05, 3.63) is 33.8 Å². The molecule has 1 unspecified atom stereocenters. The molecule has 0 aromatic heterocycles. The highest BCUT2D eigenvalue weighted by atomic mass is 35.5. The predicted molar refractivity (Wildman–Crippen MR) is 67.1 cm³/mol. The van der Waals surface area contributed by atoms with Gasteiger partial charge in [0.1, 0.15) is 0 Å². The summed E-state index contributed by atoms with van der Waals surface area (Å²) in [6.07, 6.45) is 2.30.